The van der Waals surface area contributed by atoms with Crippen molar-refractivity contribution in [3.63, 3.8) is 0 Å². The van der Waals surface area contributed by atoms with Crippen molar-refractivity contribution >= 4 is 34.4 Å². The van der Waals surface area contributed by atoms with Crippen LogP contribution in [0.15, 0.2) is 36.7 Å². The number of aromatic nitrogens is 4. The lowest BCUT2D eigenvalue weighted by Crippen LogP contribution is -2.42. The Bertz CT molecular complexity index is 1790. The Hall–Kier alpha value is -4.95. The minimum Gasteiger partial charge on any atom is -0.494 e. The topological polar surface area (TPSA) is 151 Å². The van der Waals surface area contributed by atoms with Crippen molar-refractivity contribution < 1.29 is 36.6 Å². The van der Waals surface area contributed by atoms with Gasteiger partial charge in [-0.3, -0.25) is 4.79 Å². The summed E-state index contributed by atoms with van der Waals surface area (Å²) in [6, 6.07) is 4.29. The number of alkyl halides is 3. The lowest BCUT2D eigenvalue weighted by molar-refractivity contribution is -0.137. The molecule has 0 unspecified atom stereocenters. The number of hydrogen-bond acceptors (Lipinski definition) is 9. The van der Waals surface area contributed by atoms with Crippen molar-refractivity contribution in [1.29, 1.82) is 0 Å². The van der Waals surface area contributed by atoms with Crippen LogP contribution in [0.3, 0.4) is 0 Å². The Labute approximate surface area is 255 Å². The zero-order chi connectivity index (χ0) is 32.8. The van der Waals surface area contributed by atoms with E-state index >= 15 is 0 Å². The number of nitrogen functional groups attached to an aromatic ring is 2. The number of carbonyl (C=O) groups excluding carboxylic acids is 2. The summed E-state index contributed by atoms with van der Waals surface area (Å²) in [7, 11) is 1.25. The van der Waals surface area contributed by atoms with Gasteiger partial charge in [0.05, 0.1) is 40.9 Å². The standard InChI is InChI=1S/C30H31F4N7O4/c1-29(2,3)45-28(43)40-11-9-16(10-12-40)41-27-21(26(36)37-14-38-27)23(39-41)18-7-8-19(25(44-4)22(18)35)24(42)17-6-5-15(13-20(17)31)30(32,33)34/h5-8,13-14,16H,9-12,35H2,1-4H3,(H2,36,37,38). The summed E-state index contributed by atoms with van der Waals surface area (Å²) in [6.07, 6.45) is -2.78. The van der Waals surface area contributed by atoms with Gasteiger partial charge < -0.3 is 25.8 Å². The Morgan fingerprint density at radius 3 is 2.27 bits per heavy atom. The van der Waals surface area contributed by atoms with E-state index in [-0.39, 0.29) is 34.9 Å². The second-order valence-corrected chi connectivity index (χ2v) is 11.6. The fraction of sp³-hybridized carbons (Fsp3) is 0.367. The molecule has 15 heteroatoms. The number of amides is 1. The summed E-state index contributed by atoms with van der Waals surface area (Å²) in [5.74, 6) is -2.27. The highest BCUT2D eigenvalue weighted by atomic mass is 19.4. The molecule has 0 radical (unpaired) electrons. The van der Waals surface area contributed by atoms with Gasteiger partial charge in [-0.15, -0.1) is 0 Å². The van der Waals surface area contributed by atoms with Crippen molar-refractivity contribution in [2.45, 2.75) is 51.4 Å². The molecular formula is C30H31F4N7O4. The summed E-state index contributed by atoms with van der Waals surface area (Å²) in [4.78, 5) is 36.0. The van der Waals surface area contributed by atoms with E-state index in [0.717, 1.165) is 6.07 Å². The van der Waals surface area contributed by atoms with Crippen molar-refractivity contribution in [2.24, 2.45) is 0 Å². The summed E-state index contributed by atoms with van der Waals surface area (Å²) in [6.45, 7) is 6.24. The van der Waals surface area contributed by atoms with Gasteiger partial charge in [0, 0.05) is 18.7 Å². The third-order valence-electron chi connectivity index (χ3n) is 7.42. The molecule has 0 spiro atoms. The molecule has 3 heterocycles. The fourth-order valence-corrected chi connectivity index (χ4v) is 5.28. The first-order valence-corrected chi connectivity index (χ1v) is 14.0. The summed E-state index contributed by atoms with van der Waals surface area (Å²) in [5.41, 5.74) is 11.2. The molecule has 45 heavy (non-hydrogen) atoms. The second kappa shape index (κ2) is 11.5. The molecule has 5 rings (SSSR count). The molecule has 1 fully saturated rings. The van der Waals surface area contributed by atoms with Crippen LogP contribution in [0.1, 0.15) is 61.1 Å². The summed E-state index contributed by atoms with van der Waals surface area (Å²) >= 11 is 0. The molecule has 4 aromatic rings. The predicted octanol–water partition coefficient (Wildman–Crippen LogP) is 5.63. The van der Waals surface area contributed by atoms with Crippen LogP contribution >= 0.6 is 0 Å². The number of halogens is 4. The highest BCUT2D eigenvalue weighted by Crippen LogP contribution is 2.42. The first-order chi connectivity index (χ1) is 21.1. The molecule has 0 bridgehead atoms. The number of nitrogens with two attached hydrogens (primary N) is 2. The fourth-order valence-electron chi connectivity index (χ4n) is 5.28. The number of benzene rings is 2. The molecule has 1 saturated heterocycles. The Morgan fingerprint density at radius 1 is 1.00 bits per heavy atom. The molecule has 2 aromatic heterocycles. The van der Waals surface area contributed by atoms with E-state index in [9.17, 15) is 27.2 Å². The average Bonchev–Trinajstić information content (AvgIpc) is 3.36. The number of ether oxygens (including phenoxy) is 2. The molecular weight excluding hydrogens is 598 g/mol. The Kier molecular flexibility index (Phi) is 8.06. The zero-order valence-corrected chi connectivity index (χ0v) is 24.9. The van der Waals surface area contributed by atoms with E-state index in [1.807, 2.05) is 0 Å². The lowest BCUT2D eigenvalue weighted by Gasteiger charge is -2.33. The van der Waals surface area contributed by atoms with E-state index in [0.29, 0.717) is 54.3 Å². The molecule has 238 valence electrons. The van der Waals surface area contributed by atoms with Crippen molar-refractivity contribution in [1.82, 2.24) is 24.6 Å². The number of anilines is 2. The maximum absolute atomic E-state index is 14.7. The van der Waals surface area contributed by atoms with Gasteiger partial charge in [-0.1, -0.05) is 0 Å². The van der Waals surface area contributed by atoms with Crippen LogP contribution in [-0.4, -0.2) is 62.3 Å². The van der Waals surface area contributed by atoms with Crippen LogP contribution in [0.4, 0.5) is 33.9 Å². The lowest BCUT2D eigenvalue weighted by atomic mass is 9.96. The molecule has 0 aliphatic carbocycles. The molecule has 4 N–H and O–H groups in total. The van der Waals surface area contributed by atoms with Crippen molar-refractivity contribution in [3.8, 4) is 17.0 Å². The average molecular weight is 630 g/mol. The first-order valence-electron chi connectivity index (χ1n) is 14.0. The zero-order valence-electron chi connectivity index (χ0n) is 24.9. The van der Waals surface area contributed by atoms with Gasteiger partial charge >= 0.3 is 12.3 Å². The van der Waals surface area contributed by atoms with Gasteiger partial charge in [0.2, 0.25) is 0 Å². The maximum Gasteiger partial charge on any atom is 0.416 e. The third-order valence-corrected chi connectivity index (χ3v) is 7.42. The van der Waals surface area contributed by atoms with Crippen LogP contribution < -0.4 is 16.2 Å². The van der Waals surface area contributed by atoms with Crippen LogP contribution in [0.2, 0.25) is 0 Å². The summed E-state index contributed by atoms with van der Waals surface area (Å²) < 4.78 is 66.4. The van der Waals surface area contributed by atoms with Crippen LogP contribution in [0, 0.1) is 5.82 Å². The molecule has 1 aliphatic rings. The van der Waals surface area contributed by atoms with Gasteiger partial charge in [-0.25, -0.2) is 23.8 Å². The van der Waals surface area contributed by atoms with Gasteiger partial charge in [0.25, 0.3) is 0 Å². The predicted molar refractivity (Wildman–Crippen MR) is 157 cm³/mol. The number of nitrogens with zero attached hydrogens (tertiary/aromatic N) is 5. The maximum atomic E-state index is 14.7. The normalized spacial score (nSPS) is 14.5. The minimum absolute atomic E-state index is 0.0368. The van der Waals surface area contributed by atoms with Crippen LogP contribution in [0.5, 0.6) is 5.75 Å². The first kappa shape index (κ1) is 31.5. The molecule has 1 amide bonds. The van der Waals surface area contributed by atoms with E-state index in [1.54, 1.807) is 30.4 Å². The molecule has 0 saturated carbocycles. The number of ketones is 1. The third kappa shape index (κ3) is 6.06. The highest BCUT2D eigenvalue weighted by molar-refractivity contribution is 6.13. The summed E-state index contributed by atoms with van der Waals surface area (Å²) in [5, 5.41) is 5.20. The van der Waals surface area contributed by atoms with Crippen LogP contribution in [0.25, 0.3) is 22.3 Å². The minimum atomic E-state index is -4.78. The van der Waals surface area contributed by atoms with E-state index in [4.69, 9.17) is 26.0 Å². The Balaban J connectivity index is 1.51. The molecule has 0 atom stereocenters. The number of fused-ring (bicyclic) bond motifs is 1. The van der Waals surface area contributed by atoms with Gasteiger partial charge in [0.15, 0.2) is 17.2 Å². The van der Waals surface area contributed by atoms with Crippen molar-refractivity contribution in [3.05, 3.63) is 59.2 Å². The molecule has 2 aromatic carbocycles. The van der Waals surface area contributed by atoms with E-state index < -0.39 is 40.6 Å². The number of methoxy groups -OCH3 is 1. The van der Waals surface area contributed by atoms with Gasteiger partial charge in [-0.05, 0) is 63.9 Å². The quantitative estimate of drug-likeness (QED) is 0.163. The van der Waals surface area contributed by atoms with Gasteiger partial charge in [-0.2, -0.15) is 18.3 Å². The largest absolute Gasteiger partial charge is 0.494 e. The number of hydrogen-bond donors (Lipinski definition) is 2. The number of rotatable bonds is 5. The van der Waals surface area contributed by atoms with Crippen molar-refractivity contribution in [2.75, 3.05) is 31.7 Å². The second-order valence-electron chi connectivity index (χ2n) is 11.6. The number of piperidine rings is 1. The van der Waals surface area contributed by atoms with E-state index in [2.05, 4.69) is 9.97 Å². The van der Waals surface area contributed by atoms with Gasteiger partial charge in [0.1, 0.15) is 29.3 Å². The van der Waals surface area contributed by atoms with Crippen LogP contribution in [-0.2, 0) is 10.9 Å². The molecule has 1 aliphatic heterocycles. The monoisotopic (exact) mass is 629 g/mol. The highest BCUT2D eigenvalue weighted by Gasteiger charge is 2.33. The Morgan fingerprint density at radius 2 is 1.67 bits per heavy atom. The SMILES string of the molecule is COc1c(C(=O)c2ccc(C(F)(F)F)cc2F)ccc(-c2nn(C3CCN(C(=O)OC(C)(C)C)CC3)c3ncnc(N)c23)c1N. The van der Waals surface area contributed by atoms with E-state index in [1.165, 1.54) is 25.6 Å². The number of likely N-dealkylation sites (tertiary alicyclic amines) is 1. The number of carbonyl (C=O) groups is 2. The molecule has 11 nitrogen and oxygen atoms in total. The smallest absolute Gasteiger partial charge is 0.416 e.